The number of carbonyl (C=O) groups is 1. The smallest absolute Gasteiger partial charge is 0.278 e. The number of nitrogens with zero attached hydrogens (tertiary/aromatic N) is 2. The van der Waals surface area contributed by atoms with E-state index in [1.165, 1.54) is 10.2 Å². The molecule has 3 rings (SSSR count). The van der Waals surface area contributed by atoms with E-state index < -0.39 is 0 Å². The van der Waals surface area contributed by atoms with E-state index in [1.54, 1.807) is 30.3 Å². The lowest BCUT2D eigenvalue weighted by Gasteiger charge is -2.07. The predicted octanol–water partition coefficient (Wildman–Crippen LogP) is 4.34. The Labute approximate surface area is 153 Å². The Hall–Kier alpha value is -3.14. The SMILES string of the molecule is C=CCOc1ccc(C(=O)n2nc(C)c(Cc3ccccc3)c2C)cc1. The van der Waals surface area contributed by atoms with E-state index in [2.05, 4.69) is 23.8 Å². The van der Waals surface area contributed by atoms with Crippen molar-refractivity contribution >= 4 is 5.91 Å². The van der Waals surface area contributed by atoms with Gasteiger partial charge in [-0.05, 0) is 43.7 Å². The van der Waals surface area contributed by atoms with E-state index in [9.17, 15) is 4.79 Å². The predicted molar refractivity (Wildman–Crippen MR) is 103 cm³/mol. The maximum atomic E-state index is 12.9. The third kappa shape index (κ3) is 3.75. The first-order valence-electron chi connectivity index (χ1n) is 8.57. The van der Waals surface area contributed by atoms with Crippen LogP contribution in [0.15, 0.2) is 67.3 Å². The molecule has 0 spiro atoms. The zero-order chi connectivity index (χ0) is 18.5. The second kappa shape index (κ2) is 7.83. The topological polar surface area (TPSA) is 44.1 Å². The first-order chi connectivity index (χ1) is 12.6. The Bertz CT molecular complexity index is 909. The molecule has 4 heteroatoms. The van der Waals surface area contributed by atoms with Crippen LogP contribution in [-0.2, 0) is 6.42 Å². The minimum absolute atomic E-state index is 0.139. The first-order valence-corrected chi connectivity index (χ1v) is 8.57. The van der Waals surface area contributed by atoms with Crippen LogP contribution in [-0.4, -0.2) is 22.3 Å². The van der Waals surface area contributed by atoms with Crippen LogP contribution in [0.1, 0.15) is 32.9 Å². The standard InChI is InChI=1S/C22H22N2O2/c1-4-14-26-20-12-10-19(11-13-20)22(25)24-17(3)21(16(2)23-24)15-18-8-6-5-7-9-18/h4-13H,1,14-15H2,2-3H3. The average molecular weight is 346 g/mol. The highest BCUT2D eigenvalue weighted by atomic mass is 16.5. The van der Waals surface area contributed by atoms with E-state index in [-0.39, 0.29) is 5.91 Å². The molecule has 0 aliphatic carbocycles. The molecule has 132 valence electrons. The van der Waals surface area contributed by atoms with Gasteiger partial charge in [-0.15, -0.1) is 0 Å². The Morgan fingerprint density at radius 1 is 1.12 bits per heavy atom. The highest BCUT2D eigenvalue weighted by Gasteiger charge is 2.18. The minimum Gasteiger partial charge on any atom is -0.490 e. The van der Waals surface area contributed by atoms with Gasteiger partial charge in [-0.2, -0.15) is 5.10 Å². The molecule has 0 aliphatic heterocycles. The van der Waals surface area contributed by atoms with Crippen molar-refractivity contribution < 1.29 is 9.53 Å². The summed E-state index contributed by atoms with van der Waals surface area (Å²) < 4.78 is 6.95. The Morgan fingerprint density at radius 3 is 2.46 bits per heavy atom. The Kier molecular flexibility index (Phi) is 5.32. The first kappa shape index (κ1) is 17.7. The normalized spacial score (nSPS) is 10.5. The monoisotopic (exact) mass is 346 g/mol. The molecule has 3 aromatic rings. The van der Waals surface area contributed by atoms with Gasteiger partial charge in [0.05, 0.1) is 5.69 Å². The van der Waals surface area contributed by atoms with Crippen LogP contribution in [0.4, 0.5) is 0 Å². The lowest BCUT2D eigenvalue weighted by atomic mass is 10.0. The molecule has 0 atom stereocenters. The van der Waals surface area contributed by atoms with Gasteiger partial charge in [0.1, 0.15) is 12.4 Å². The Balaban J connectivity index is 1.84. The minimum atomic E-state index is -0.139. The average Bonchev–Trinajstić information content (AvgIpc) is 2.95. The highest BCUT2D eigenvalue weighted by molar-refractivity contribution is 5.96. The van der Waals surface area contributed by atoms with Gasteiger partial charge >= 0.3 is 0 Å². The Morgan fingerprint density at radius 2 is 1.81 bits per heavy atom. The van der Waals surface area contributed by atoms with Gasteiger partial charge in [0.15, 0.2) is 0 Å². The van der Waals surface area contributed by atoms with Crippen LogP contribution < -0.4 is 4.74 Å². The van der Waals surface area contributed by atoms with Crippen LogP contribution in [0.3, 0.4) is 0 Å². The van der Waals surface area contributed by atoms with Crippen LogP contribution in [0.5, 0.6) is 5.75 Å². The van der Waals surface area contributed by atoms with E-state index in [1.807, 2.05) is 32.0 Å². The largest absolute Gasteiger partial charge is 0.490 e. The van der Waals surface area contributed by atoms with Crippen molar-refractivity contribution in [1.82, 2.24) is 9.78 Å². The molecule has 26 heavy (non-hydrogen) atoms. The molecule has 1 aromatic heterocycles. The fourth-order valence-corrected chi connectivity index (χ4v) is 2.90. The molecule has 0 aliphatic rings. The van der Waals surface area contributed by atoms with Gasteiger partial charge in [-0.25, -0.2) is 4.68 Å². The van der Waals surface area contributed by atoms with Crippen LogP contribution in [0.2, 0.25) is 0 Å². The molecular formula is C22H22N2O2. The summed E-state index contributed by atoms with van der Waals surface area (Å²) in [6.07, 6.45) is 2.45. The molecule has 2 aromatic carbocycles. The van der Waals surface area contributed by atoms with Crippen molar-refractivity contribution in [2.24, 2.45) is 0 Å². The lowest BCUT2D eigenvalue weighted by molar-refractivity contribution is 0.0942. The number of benzene rings is 2. The molecule has 0 radical (unpaired) electrons. The molecule has 0 saturated carbocycles. The van der Waals surface area contributed by atoms with Crippen molar-refractivity contribution in [2.45, 2.75) is 20.3 Å². The number of ether oxygens (including phenoxy) is 1. The summed E-state index contributed by atoms with van der Waals surface area (Å²) in [7, 11) is 0. The third-order valence-corrected chi connectivity index (χ3v) is 4.33. The maximum absolute atomic E-state index is 12.9. The summed E-state index contributed by atoms with van der Waals surface area (Å²) in [6.45, 7) is 7.95. The summed E-state index contributed by atoms with van der Waals surface area (Å²) in [5, 5.41) is 4.48. The van der Waals surface area contributed by atoms with E-state index in [0.717, 1.165) is 23.4 Å². The highest BCUT2D eigenvalue weighted by Crippen LogP contribution is 2.20. The van der Waals surface area contributed by atoms with Crippen molar-refractivity contribution in [2.75, 3.05) is 6.61 Å². The molecular weight excluding hydrogens is 324 g/mol. The number of aryl methyl sites for hydroxylation is 1. The number of carbonyl (C=O) groups excluding carboxylic acids is 1. The van der Waals surface area contributed by atoms with Gasteiger partial charge in [-0.3, -0.25) is 4.79 Å². The molecule has 0 N–H and O–H groups in total. The van der Waals surface area contributed by atoms with Crippen molar-refractivity contribution in [3.8, 4) is 5.75 Å². The van der Waals surface area contributed by atoms with Gasteiger partial charge in [0.25, 0.3) is 5.91 Å². The van der Waals surface area contributed by atoms with E-state index in [0.29, 0.717) is 17.9 Å². The molecule has 1 heterocycles. The molecule has 0 amide bonds. The van der Waals surface area contributed by atoms with Crippen LogP contribution in [0.25, 0.3) is 0 Å². The van der Waals surface area contributed by atoms with Crippen molar-refractivity contribution in [1.29, 1.82) is 0 Å². The molecule has 0 fully saturated rings. The van der Waals surface area contributed by atoms with Crippen molar-refractivity contribution in [3.05, 3.63) is 95.3 Å². The quantitative estimate of drug-likeness (QED) is 0.624. The van der Waals surface area contributed by atoms with Gasteiger partial charge < -0.3 is 4.74 Å². The van der Waals surface area contributed by atoms with Crippen LogP contribution in [0, 0.1) is 13.8 Å². The second-order valence-corrected chi connectivity index (χ2v) is 6.15. The molecule has 4 nitrogen and oxygen atoms in total. The van der Waals surface area contributed by atoms with Gasteiger partial charge in [0.2, 0.25) is 0 Å². The molecule has 0 saturated heterocycles. The summed E-state index contributed by atoms with van der Waals surface area (Å²) in [5.74, 6) is 0.569. The number of hydrogen-bond donors (Lipinski definition) is 0. The van der Waals surface area contributed by atoms with E-state index >= 15 is 0 Å². The fourth-order valence-electron chi connectivity index (χ4n) is 2.90. The number of aromatic nitrogens is 2. The fraction of sp³-hybridized carbons (Fsp3) is 0.182. The number of hydrogen-bond acceptors (Lipinski definition) is 3. The van der Waals surface area contributed by atoms with Crippen molar-refractivity contribution in [3.63, 3.8) is 0 Å². The zero-order valence-electron chi connectivity index (χ0n) is 15.1. The summed E-state index contributed by atoms with van der Waals surface area (Å²) in [4.78, 5) is 12.9. The van der Waals surface area contributed by atoms with Gasteiger partial charge in [0, 0.05) is 23.2 Å². The van der Waals surface area contributed by atoms with E-state index in [4.69, 9.17) is 4.74 Å². The molecule has 0 bridgehead atoms. The summed E-state index contributed by atoms with van der Waals surface area (Å²) in [6, 6.07) is 17.3. The molecule has 0 unspecified atom stereocenters. The second-order valence-electron chi connectivity index (χ2n) is 6.15. The van der Waals surface area contributed by atoms with Crippen LogP contribution >= 0.6 is 0 Å². The maximum Gasteiger partial charge on any atom is 0.278 e. The number of rotatable bonds is 6. The zero-order valence-corrected chi connectivity index (χ0v) is 15.1. The van der Waals surface area contributed by atoms with Gasteiger partial charge in [-0.1, -0.05) is 43.0 Å². The summed E-state index contributed by atoms with van der Waals surface area (Å²) in [5.41, 5.74) is 4.63. The lowest BCUT2D eigenvalue weighted by Crippen LogP contribution is -2.15. The summed E-state index contributed by atoms with van der Waals surface area (Å²) >= 11 is 0. The third-order valence-electron chi connectivity index (χ3n) is 4.33.